The minimum atomic E-state index is 0.423. The van der Waals surface area contributed by atoms with Gasteiger partial charge in [0, 0.05) is 28.5 Å². The molecule has 0 aliphatic rings. The zero-order chi connectivity index (χ0) is 18.8. The molecule has 128 valence electrons. The van der Waals surface area contributed by atoms with E-state index in [0.29, 0.717) is 16.8 Å². The summed E-state index contributed by atoms with van der Waals surface area (Å²) in [6.45, 7) is 1.94. The molecule has 0 spiro atoms. The van der Waals surface area contributed by atoms with Crippen molar-refractivity contribution in [3.8, 4) is 23.4 Å². The Balaban J connectivity index is 1.75. The van der Waals surface area contributed by atoms with Gasteiger partial charge in [-0.15, -0.1) is 0 Å². The second kappa shape index (κ2) is 6.62. The Hall–Kier alpha value is -4.16. The van der Waals surface area contributed by atoms with E-state index in [0.717, 1.165) is 33.5 Å². The molecule has 2 N–H and O–H groups in total. The lowest BCUT2D eigenvalue weighted by molar-refractivity contribution is 1.12. The number of benzene rings is 2. The van der Waals surface area contributed by atoms with E-state index >= 15 is 0 Å². The van der Waals surface area contributed by atoms with Crippen molar-refractivity contribution in [3.63, 3.8) is 0 Å². The molecule has 0 saturated carbocycles. The van der Waals surface area contributed by atoms with Gasteiger partial charge in [-0.3, -0.25) is 10.1 Å². The van der Waals surface area contributed by atoms with Crippen molar-refractivity contribution < 1.29 is 0 Å². The van der Waals surface area contributed by atoms with E-state index in [2.05, 4.69) is 26.6 Å². The van der Waals surface area contributed by atoms with E-state index in [4.69, 9.17) is 5.26 Å². The van der Waals surface area contributed by atoms with Crippen LogP contribution in [0.4, 0.5) is 11.4 Å². The fourth-order valence-corrected chi connectivity index (χ4v) is 2.98. The number of aromatic nitrogens is 3. The summed E-state index contributed by atoms with van der Waals surface area (Å²) >= 11 is 0. The van der Waals surface area contributed by atoms with Crippen LogP contribution in [0.1, 0.15) is 16.8 Å². The van der Waals surface area contributed by atoms with Crippen LogP contribution in [0.2, 0.25) is 0 Å². The number of pyridine rings is 1. The van der Waals surface area contributed by atoms with Gasteiger partial charge >= 0.3 is 0 Å². The molecule has 4 rings (SSSR count). The number of hydrogen-bond donors (Lipinski definition) is 2. The van der Waals surface area contributed by atoms with Crippen LogP contribution in [0.3, 0.4) is 0 Å². The molecule has 0 aliphatic carbocycles. The Kier molecular flexibility index (Phi) is 4.00. The summed E-state index contributed by atoms with van der Waals surface area (Å²) in [6, 6.07) is 18.9. The third kappa shape index (κ3) is 3.08. The third-order valence-corrected chi connectivity index (χ3v) is 4.28. The minimum Gasteiger partial charge on any atom is -0.354 e. The molecule has 0 bridgehead atoms. The Morgan fingerprint density at radius 2 is 1.89 bits per heavy atom. The molecule has 0 unspecified atom stereocenters. The molecule has 0 atom stereocenters. The smallest absolute Gasteiger partial charge is 0.101 e. The zero-order valence-corrected chi connectivity index (χ0v) is 14.5. The third-order valence-electron chi connectivity index (χ3n) is 4.28. The largest absolute Gasteiger partial charge is 0.354 e. The summed E-state index contributed by atoms with van der Waals surface area (Å²) in [4.78, 5) is 4.23. The molecule has 6 nitrogen and oxygen atoms in total. The molecule has 0 fully saturated rings. The number of rotatable bonds is 3. The lowest BCUT2D eigenvalue weighted by atomic mass is 10.1. The van der Waals surface area contributed by atoms with E-state index < -0.39 is 0 Å². The van der Waals surface area contributed by atoms with Gasteiger partial charge in [0.05, 0.1) is 28.4 Å². The predicted molar refractivity (Wildman–Crippen MR) is 103 cm³/mol. The Morgan fingerprint density at radius 3 is 2.67 bits per heavy atom. The van der Waals surface area contributed by atoms with Gasteiger partial charge in [-0.05, 0) is 55.5 Å². The highest BCUT2D eigenvalue weighted by Crippen LogP contribution is 2.30. The fourth-order valence-electron chi connectivity index (χ4n) is 2.98. The van der Waals surface area contributed by atoms with Crippen LogP contribution >= 0.6 is 0 Å². The van der Waals surface area contributed by atoms with Crippen molar-refractivity contribution in [1.82, 2.24) is 15.2 Å². The molecule has 4 aromatic rings. The molecule has 0 amide bonds. The molecule has 0 radical (unpaired) electrons. The Labute approximate surface area is 155 Å². The van der Waals surface area contributed by atoms with Gasteiger partial charge in [0.15, 0.2) is 0 Å². The van der Waals surface area contributed by atoms with Crippen LogP contribution in [0.5, 0.6) is 0 Å². The maximum absolute atomic E-state index is 9.35. The standard InChI is InChI=1S/C21H14N6/c1-13-8-15(6-7-24-13)21-18-10-17(3-5-20(18)26-27-21)25-19-4-2-14(11-22)9-16(19)12-23/h2-10,25H,1H3,(H,26,27). The van der Waals surface area contributed by atoms with Crippen molar-refractivity contribution in [2.75, 3.05) is 5.32 Å². The van der Waals surface area contributed by atoms with Crippen LogP contribution < -0.4 is 5.32 Å². The number of hydrogen-bond acceptors (Lipinski definition) is 5. The summed E-state index contributed by atoms with van der Waals surface area (Å²) < 4.78 is 0. The normalized spacial score (nSPS) is 10.3. The Morgan fingerprint density at radius 1 is 1.00 bits per heavy atom. The van der Waals surface area contributed by atoms with Gasteiger partial charge in [-0.25, -0.2) is 0 Å². The molecule has 2 aromatic carbocycles. The van der Waals surface area contributed by atoms with E-state index in [9.17, 15) is 5.26 Å². The van der Waals surface area contributed by atoms with Gasteiger partial charge in [-0.2, -0.15) is 15.6 Å². The molecular weight excluding hydrogens is 336 g/mol. The molecule has 2 aromatic heterocycles. The molecular formula is C21H14N6. The van der Waals surface area contributed by atoms with Crippen molar-refractivity contribution in [2.45, 2.75) is 6.92 Å². The van der Waals surface area contributed by atoms with Crippen LogP contribution in [0.15, 0.2) is 54.7 Å². The summed E-state index contributed by atoms with van der Waals surface area (Å²) in [5.74, 6) is 0. The van der Waals surface area contributed by atoms with Crippen molar-refractivity contribution >= 4 is 22.3 Å². The SMILES string of the molecule is Cc1cc(-c2n[nH]c3ccc(Nc4ccc(C#N)cc4C#N)cc23)ccn1. The second-order valence-electron chi connectivity index (χ2n) is 6.13. The predicted octanol–water partition coefficient (Wildman–Crippen LogP) is 4.42. The van der Waals surface area contributed by atoms with Gasteiger partial charge in [-0.1, -0.05) is 0 Å². The maximum atomic E-state index is 9.35. The minimum absolute atomic E-state index is 0.423. The number of H-pyrrole nitrogens is 1. The number of fused-ring (bicyclic) bond motifs is 1. The molecule has 2 heterocycles. The van der Waals surface area contributed by atoms with Crippen molar-refractivity contribution in [1.29, 1.82) is 10.5 Å². The van der Waals surface area contributed by atoms with Gasteiger partial charge in [0.2, 0.25) is 0 Å². The topological polar surface area (TPSA) is 101 Å². The van der Waals surface area contributed by atoms with Crippen molar-refractivity contribution in [2.24, 2.45) is 0 Å². The number of aromatic amines is 1. The number of nitrogens with one attached hydrogen (secondary N) is 2. The summed E-state index contributed by atoms with van der Waals surface area (Å²) in [5.41, 5.74) is 6.04. The molecule has 6 heteroatoms. The summed E-state index contributed by atoms with van der Waals surface area (Å²) in [6.07, 6.45) is 1.77. The van der Waals surface area contributed by atoms with Crippen molar-refractivity contribution in [3.05, 3.63) is 71.5 Å². The summed E-state index contributed by atoms with van der Waals surface area (Å²) in [7, 11) is 0. The maximum Gasteiger partial charge on any atom is 0.101 e. The van der Waals surface area contributed by atoms with Crippen LogP contribution in [-0.4, -0.2) is 15.2 Å². The lowest BCUT2D eigenvalue weighted by Crippen LogP contribution is -1.94. The Bertz CT molecular complexity index is 1240. The first-order chi connectivity index (χ1) is 13.2. The first-order valence-electron chi connectivity index (χ1n) is 8.30. The van der Waals surface area contributed by atoms with E-state index in [1.54, 1.807) is 24.4 Å². The fraction of sp³-hybridized carbons (Fsp3) is 0.0476. The number of nitriles is 2. The highest BCUT2D eigenvalue weighted by atomic mass is 15.1. The van der Waals surface area contributed by atoms with Gasteiger partial charge in [0.1, 0.15) is 11.8 Å². The summed E-state index contributed by atoms with van der Waals surface area (Å²) in [5, 5.41) is 30.1. The molecule has 0 saturated heterocycles. The monoisotopic (exact) mass is 350 g/mol. The van der Waals surface area contributed by atoms with Crippen LogP contribution in [0, 0.1) is 29.6 Å². The average molecular weight is 350 g/mol. The number of aryl methyl sites for hydroxylation is 1. The van der Waals surface area contributed by atoms with E-state index in [1.807, 2.05) is 43.3 Å². The zero-order valence-electron chi connectivity index (χ0n) is 14.5. The lowest BCUT2D eigenvalue weighted by Gasteiger charge is -2.09. The number of anilines is 2. The highest BCUT2D eigenvalue weighted by molar-refractivity contribution is 5.95. The average Bonchev–Trinajstić information content (AvgIpc) is 3.11. The second-order valence-corrected chi connectivity index (χ2v) is 6.13. The van der Waals surface area contributed by atoms with Crippen LogP contribution in [0.25, 0.3) is 22.2 Å². The first-order valence-corrected chi connectivity index (χ1v) is 8.30. The first kappa shape index (κ1) is 16.3. The van der Waals surface area contributed by atoms with Crippen LogP contribution in [-0.2, 0) is 0 Å². The molecule has 27 heavy (non-hydrogen) atoms. The number of nitrogens with zero attached hydrogens (tertiary/aromatic N) is 4. The van der Waals surface area contributed by atoms with Gasteiger partial charge in [0.25, 0.3) is 0 Å². The van der Waals surface area contributed by atoms with Gasteiger partial charge < -0.3 is 5.32 Å². The molecule has 0 aliphatic heterocycles. The van der Waals surface area contributed by atoms with E-state index in [1.165, 1.54) is 0 Å². The highest BCUT2D eigenvalue weighted by Gasteiger charge is 2.10. The quantitative estimate of drug-likeness (QED) is 0.569. The van der Waals surface area contributed by atoms with E-state index in [-0.39, 0.29) is 0 Å².